The van der Waals surface area contributed by atoms with Crippen molar-refractivity contribution in [2.45, 2.75) is 0 Å². The van der Waals surface area contributed by atoms with Crippen molar-refractivity contribution in [3.63, 3.8) is 0 Å². The Hall–Kier alpha value is -8.78. The summed E-state index contributed by atoms with van der Waals surface area (Å²) in [5, 5.41) is 33.2. The van der Waals surface area contributed by atoms with Gasteiger partial charge in [-0.25, -0.2) is 0 Å². The monoisotopic (exact) mass is 898 g/mol. The van der Waals surface area contributed by atoms with E-state index >= 15 is 0 Å². The van der Waals surface area contributed by atoms with E-state index < -0.39 is 0 Å². The van der Waals surface area contributed by atoms with Crippen LogP contribution in [0.3, 0.4) is 0 Å². The van der Waals surface area contributed by atoms with Gasteiger partial charge in [-0.2, -0.15) is 10.5 Å². The van der Waals surface area contributed by atoms with Gasteiger partial charge in [-0.1, -0.05) is 182 Å². The molecule has 0 aliphatic heterocycles. The van der Waals surface area contributed by atoms with Gasteiger partial charge in [0.05, 0.1) is 54.0 Å². The van der Waals surface area contributed by atoms with E-state index in [0.29, 0.717) is 16.7 Å². The number of hydrogen-bond acceptors (Lipinski definition) is 4. The summed E-state index contributed by atoms with van der Waals surface area (Å²) >= 11 is 3.59. The number of thiophene rings is 2. The first-order valence-electron chi connectivity index (χ1n) is 22.6. The molecular formula is C62H34N4S2. The Morgan fingerprint density at radius 3 is 1.34 bits per heavy atom. The molecule has 0 N–H and O–H groups in total. The number of fused-ring (bicyclic) bond motifs is 14. The third-order valence-corrected chi connectivity index (χ3v) is 16.2. The maximum Gasteiger partial charge on any atom is 0.102 e. The van der Waals surface area contributed by atoms with Crippen LogP contribution in [0.4, 0.5) is 0 Å². The summed E-state index contributed by atoms with van der Waals surface area (Å²) in [5.41, 5.74) is 11.7. The summed E-state index contributed by atoms with van der Waals surface area (Å²) < 4.78 is 9.44. The Labute approximate surface area is 398 Å². The lowest BCUT2D eigenvalue weighted by Gasteiger charge is -2.25. The van der Waals surface area contributed by atoms with Crippen molar-refractivity contribution >= 4 is 107 Å². The van der Waals surface area contributed by atoms with Crippen LogP contribution in [0.5, 0.6) is 0 Å². The van der Waals surface area contributed by atoms with E-state index in [1.165, 1.54) is 30.9 Å². The first-order chi connectivity index (χ1) is 33.7. The molecule has 4 nitrogen and oxygen atoms in total. The Morgan fingerprint density at radius 1 is 0.338 bits per heavy atom. The molecule has 0 spiro atoms. The molecule has 4 heterocycles. The lowest BCUT2D eigenvalue weighted by molar-refractivity contribution is 1.13. The average Bonchev–Trinajstić information content (AvgIpc) is 4.16. The van der Waals surface area contributed by atoms with E-state index in [2.05, 4.69) is 191 Å². The topological polar surface area (TPSA) is 57.4 Å². The second kappa shape index (κ2) is 14.9. The molecule has 4 aromatic heterocycles. The minimum atomic E-state index is 0.433. The standard InChI is InChI=1S/C62H34N4S2/c63-35-48-54(38-19-6-2-7-20-38)49(36-64)58(55(39-21-8-3-9-22-39)57(48)65-50-27-13-10-25-47(50)56-40(26-16-28-51(56)65)37-17-4-1-5-18-37)66-59-43(31-33-45-41-23-11-14-29-52(41)67-61(45)59)44-32-34-46-42-24-12-15-30-53(42)68-62(46)60(44)66/h1-34H. The van der Waals surface area contributed by atoms with E-state index in [9.17, 15) is 10.5 Å². The van der Waals surface area contributed by atoms with Crippen LogP contribution in [0.2, 0.25) is 0 Å². The number of hydrogen-bond donors (Lipinski definition) is 0. The molecule has 10 aromatic carbocycles. The van der Waals surface area contributed by atoms with Crippen LogP contribution in [0, 0.1) is 22.7 Å². The van der Waals surface area contributed by atoms with Crippen molar-refractivity contribution in [2.24, 2.45) is 0 Å². The first kappa shape index (κ1) is 38.5. The largest absolute Gasteiger partial charge is 0.307 e. The van der Waals surface area contributed by atoms with Crippen molar-refractivity contribution in [3.8, 4) is 56.9 Å². The smallest absolute Gasteiger partial charge is 0.102 e. The molecule has 0 saturated heterocycles. The fourth-order valence-corrected chi connectivity index (χ4v) is 13.5. The molecule has 14 aromatic rings. The maximum absolute atomic E-state index is 12.1. The lowest BCUT2D eigenvalue weighted by atomic mass is 9.86. The number of rotatable bonds is 5. The third kappa shape index (κ3) is 5.33. The van der Waals surface area contributed by atoms with E-state index in [1.807, 2.05) is 36.4 Å². The lowest BCUT2D eigenvalue weighted by Crippen LogP contribution is -2.11. The summed E-state index contributed by atoms with van der Waals surface area (Å²) in [5.74, 6) is 0. The second-order valence-electron chi connectivity index (χ2n) is 17.3. The van der Waals surface area contributed by atoms with Crippen molar-refractivity contribution < 1.29 is 0 Å². The van der Waals surface area contributed by atoms with E-state index in [0.717, 1.165) is 92.2 Å². The zero-order chi connectivity index (χ0) is 45.0. The molecule has 0 aliphatic carbocycles. The van der Waals surface area contributed by atoms with E-state index in [-0.39, 0.29) is 0 Å². The summed E-state index contributed by atoms with van der Waals surface area (Å²) in [6.45, 7) is 0. The molecule has 68 heavy (non-hydrogen) atoms. The van der Waals surface area contributed by atoms with Gasteiger partial charge in [-0.05, 0) is 46.5 Å². The van der Waals surface area contributed by atoms with Gasteiger partial charge in [-0.15, -0.1) is 22.7 Å². The van der Waals surface area contributed by atoms with Crippen LogP contribution < -0.4 is 0 Å². The van der Waals surface area contributed by atoms with Crippen LogP contribution in [0.25, 0.3) is 129 Å². The molecule has 0 saturated carbocycles. The molecule has 0 unspecified atom stereocenters. The highest BCUT2D eigenvalue weighted by Gasteiger charge is 2.33. The predicted molar refractivity (Wildman–Crippen MR) is 287 cm³/mol. The average molecular weight is 899 g/mol. The van der Waals surface area contributed by atoms with Crippen LogP contribution in [0.1, 0.15) is 11.1 Å². The number of nitrogens with zero attached hydrogens (tertiary/aromatic N) is 4. The van der Waals surface area contributed by atoms with E-state index in [1.54, 1.807) is 22.7 Å². The van der Waals surface area contributed by atoms with Crippen molar-refractivity contribution in [2.75, 3.05) is 0 Å². The quantitative estimate of drug-likeness (QED) is 0.173. The van der Waals surface area contributed by atoms with Crippen molar-refractivity contribution in [3.05, 3.63) is 217 Å². The Morgan fingerprint density at radius 2 is 0.779 bits per heavy atom. The molecule has 0 bridgehead atoms. The summed E-state index contributed by atoms with van der Waals surface area (Å²) in [6.07, 6.45) is 0. The third-order valence-electron chi connectivity index (χ3n) is 13.8. The van der Waals surface area contributed by atoms with E-state index in [4.69, 9.17) is 0 Å². The minimum absolute atomic E-state index is 0.433. The Balaban J connectivity index is 1.29. The highest BCUT2D eigenvalue weighted by molar-refractivity contribution is 7.27. The van der Waals surface area contributed by atoms with Gasteiger partial charge in [0.15, 0.2) is 0 Å². The molecule has 0 aliphatic rings. The number of nitriles is 2. The van der Waals surface area contributed by atoms with Crippen molar-refractivity contribution in [1.82, 2.24) is 9.13 Å². The normalized spacial score (nSPS) is 11.8. The second-order valence-corrected chi connectivity index (χ2v) is 19.4. The summed E-state index contributed by atoms with van der Waals surface area (Å²) in [7, 11) is 0. The highest BCUT2D eigenvalue weighted by atomic mass is 32.1. The van der Waals surface area contributed by atoms with Gasteiger partial charge in [0, 0.05) is 63.6 Å². The predicted octanol–water partition coefficient (Wildman–Crippen LogP) is 17.4. The first-order valence-corrected chi connectivity index (χ1v) is 24.3. The molecular weight excluding hydrogens is 865 g/mol. The van der Waals surface area contributed by atoms with Crippen molar-refractivity contribution in [1.29, 1.82) is 10.5 Å². The molecule has 0 fully saturated rings. The number of aromatic nitrogens is 2. The van der Waals surface area contributed by atoms with Crippen LogP contribution in [0.15, 0.2) is 206 Å². The van der Waals surface area contributed by atoms with Gasteiger partial charge in [0.25, 0.3) is 0 Å². The Kier molecular flexibility index (Phi) is 8.42. The van der Waals surface area contributed by atoms with Crippen LogP contribution in [-0.4, -0.2) is 9.13 Å². The molecule has 314 valence electrons. The van der Waals surface area contributed by atoms with Gasteiger partial charge in [-0.3, -0.25) is 0 Å². The highest BCUT2D eigenvalue weighted by Crippen LogP contribution is 2.53. The Bertz CT molecular complexity index is 4370. The number of para-hydroxylation sites is 1. The fraction of sp³-hybridized carbons (Fsp3) is 0. The van der Waals surface area contributed by atoms with Gasteiger partial charge < -0.3 is 9.13 Å². The van der Waals surface area contributed by atoms with Gasteiger partial charge in [0.1, 0.15) is 12.1 Å². The number of benzene rings is 10. The van der Waals surface area contributed by atoms with Crippen LogP contribution >= 0.6 is 22.7 Å². The fourth-order valence-electron chi connectivity index (χ4n) is 11.0. The van der Waals surface area contributed by atoms with Crippen LogP contribution in [-0.2, 0) is 0 Å². The zero-order valence-electron chi connectivity index (χ0n) is 36.2. The molecule has 14 rings (SSSR count). The molecule has 0 radical (unpaired) electrons. The minimum Gasteiger partial charge on any atom is -0.307 e. The maximum atomic E-state index is 12.1. The molecule has 6 heteroatoms. The molecule has 0 atom stereocenters. The summed E-state index contributed by atoms with van der Waals surface area (Å²) in [6, 6.07) is 78.1. The summed E-state index contributed by atoms with van der Waals surface area (Å²) in [4.78, 5) is 0. The zero-order valence-corrected chi connectivity index (χ0v) is 37.9. The molecule has 0 amide bonds. The van der Waals surface area contributed by atoms with Gasteiger partial charge >= 0.3 is 0 Å². The van der Waals surface area contributed by atoms with Gasteiger partial charge in [0.2, 0.25) is 0 Å². The SMILES string of the molecule is N#Cc1c(-c2ccccc2)c(C#N)c(-n2c3c(ccc4c5ccccc5sc43)c3ccc4c5ccccc5sc4c32)c(-c2ccccc2)c1-n1c2ccccc2c2c(-c3ccccc3)cccc21.